The number of nitrogens with zero attached hydrogens (tertiary/aromatic N) is 3. The van der Waals surface area contributed by atoms with Gasteiger partial charge in [-0.15, -0.1) is 0 Å². The lowest BCUT2D eigenvalue weighted by Gasteiger charge is -2.12. The Balaban J connectivity index is 1.50. The number of benzene rings is 2. The molecule has 6 heteroatoms. The van der Waals surface area contributed by atoms with Crippen molar-refractivity contribution in [2.75, 3.05) is 11.9 Å². The van der Waals surface area contributed by atoms with E-state index < -0.39 is 5.97 Å². The summed E-state index contributed by atoms with van der Waals surface area (Å²) in [5.41, 5.74) is 6.65. The number of aromatic nitrogens is 3. The molecule has 0 aliphatic heterocycles. The van der Waals surface area contributed by atoms with Crippen LogP contribution < -0.4 is 5.32 Å². The van der Waals surface area contributed by atoms with Crippen LogP contribution in [0, 0.1) is 19.8 Å². The lowest BCUT2D eigenvalue weighted by molar-refractivity contribution is 0.0695. The molecule has 0 aliphatic rings. The summed E-state index contributed by atoms with van der Waals surface area (Å²) >= 11 is 0. The van der Waals surface area contributed by atoms with Crippen LogP contribution in [0.25, 0.3) is 22.2 Å². The van der Waals surface area contributed by atoms with Gasteiger partial charge in [0.05, 0.1) is 11.3 Å². The molecule has 0 spiro atoms. The topological polar surface area (TPSA) is 80.0 Å². The number of carbonyl (C=O) groups is 1. The normalized spacial score (nSPS) is 11.3. The van der Waals surface area contributed by atoms with Crippen molar-refractivity contribution in [3.63, 3.8) is 0 Å². The van der Waals surface area contributed by atoms with Crippen molar-refractivity contribution >= 4 is 22.7 Å². The smallest absolute Gasteiger partial charge is 0.335 e. The molecule has 0 unspecified atom stereocenters. The zero-order valence-electron chi connectivity index (χ0n) is 20.3. The van der Waals surface area contributed by atoms with Crippen LogP contribution in [0.3, 0.4) is 0 Å². The molecule has 0 bridgehead atoms. The van der Waals surface area contributed by atoms with Gasteiger partial charge in [0, 0.05) is 41.3 Å². The van der Waals surface area contributed by atoms with Crippen molar-refractivity contribution in [1.82, 2.24) is 14.5 Å². The fourth-order valence-electron chi connectivity index (χ4n) is 4.38. The number of hydrogen-bond donors (Lipinski definition) is 2. The lowest BCUT2D eigenvalue weighted by Crippen LogP contribution is -2.12. The first kappa shape index (κ1) is 23.5. The third-order valence-electron chi connectivity index (χ3n) is 6.30. The second-order valence-electron chi connectivity index (χ2n) is 9.27. The van der Waals surface area contributed by atoms with Crippen LogP contribution >= 0.6 is 0 Å². The van der Waals surface area contributed by atoms with Crippen molar-refractivity contribution in [2.24, 2.45) is 5.92 Å². The molecule has 6 nitrogen and oxygen atoms in total. The molecule has 0 aliphatic carbocycles. The molecule has 34 heavy (non-hydrogen) atoms. The number of carboxylic acid groups (broad SMARTS) is 1. The molecule has 0 atom stereocenters. The highest BCUT2D eigenvalue weighted by molar-refractivity contribution is 5.90. The van der Waals surface area contributed by atoms with Crippen LogP contribution in [0.1, 0.15) is 47.4 Å². The first-order valence-corrected chi connectivity index (χ1v) is 11.8. The highest BCUT2D eigenvalue weighted by Crippen LogP contribution is 2.25. The third kappa shape index (κ3) is 5.11. The van der Waals surface area contributed by atoms with Crippen molar-refractivity contribution in [3.8, 4) is 11.3 Å². The first-order chi connectivity index (χ1) is 16.3. The summed E-state index contributed by atoms with van der Waals surface area (Å²) in [5, 5.41) is 14.3. The Morgan fingerprint density at radius 1 is 1.09 bits per heavy atom. The van der Waals surface area contributed by atoms with Gasteiger partial charge in [0.15, 0.2) is 0 Å². The second kappa shape index (κ2) is 10.1. The quantitative estimate of drug-likeness (QED) is 0.317. The van der Waals surface area contributed by atoms with Crippen molar-refractivity contribution in [1.29, 1.82) is 0 Å². The number of carboxylic acids is 1. The van der Waals surface area contributed by atoms with Crippen LogP contribution in [0.15, 0.2) is 54.9 Å². The monoisotopic (exact) mass is 456 g/mol. The van der Waals surface area contributed by atoms with E-state index in [4.69, 9.17) is 0 Å². The maximum atomic E-state index is 11.7. The van der Waals surface area contributed by atoms with E-state index in [2.05, 4.69) is 71.8 Å². The lowest BCUT2D eigenvalue weighted by atomic mass is 9.95. The number of nitrogens with one attached hydrogen (secondary N) is 1. The van der Waals surface area contributed by atoms with E-state index in [0.29, 0.717) is 11.5 Å². The van der Waals surface area contributed by atoms with E-state index in [1.54, 1.807) is 12.4 Å². The van der Waals surface area contributed by atoms with Crippen molar-refractivity contribution < 1.29 is 9.90 Å². The minimum atomic E-state index is -0.890. The molecule has 176 valence electrons. The van der Waals surface area contributed by atoms with Gasteiger partial charge >= 0.3 is 5.97 Å². The zero-order chi connectivity index (χ0) is 24.2. The summed E-state index contributed by atoms with van der Waals surface area (Å²) in [6, 6.07) is 16.0. The largest absolute Gasteiger partial charge is 0.478 e. The Hall–Kier alpha value is -3.67. The molecule has 4 rings (SSSR count). The fourth-order valence-corrected chi connectivity index (χ4v) is 4.38. The van der Waals surface area contributed by atoms with E-state index in [-0.39, 0.29) is 0 Å². The molecule has 2 heterocycles. The second-order valence-corrected chi connectivity index (χ2v) is 9.27. The molecule has 2 N–H and O–H groups in total. The SMILES string of the molecule is Cc1cccc2c1cc(C)n2CCNc1cc(-c2ccc(C(=O)O)c(CCC(C)C)c2)ncn1. The number of fused-ring (bicyclic) bond motifs is 1. The summed E-state index contributed by atoms with van der Waals surface area (Å²) in [5.74, 6) is 0.366. The van der Waals surface area contributed by atoms with E-state index >= 15 is 0 Å². The molecular formula is C28H32N4O2. The van der Waals surface area contributed by atoms with E-state index in [0.717, 1.165) is 48.6 Å². The van der Waals surface area contributed by atoms with Crippen LogP contribution in [-0.2, 0) is 13.0 Å². The van der Waals surface area contributed by atoms with Gasteiger partial charge in [-0.25, -0.2) is 14.8 Å². The Bertz CT molecular complexity index is 1320. The summed E-state index contributed by atoms with van der Waals surface area (Å²) < 4.78 is 2.32. The highest BCUT2D eigenvalue weighted by Gasteiger charge is 2.13. The van der Waals surface area contributed by atoms with Crippen molar-refractivity contribution in [3.05, 3.63) is 77.2 Å². The molecule has 4 aromatic rings. The highest BCUT2D eigenvalue weighted by atomic mass is 16.4. The number of anilines is 1. The average Bonchev–Trinajstić information content (AvgIpc) is 3.14. The summed E-state index contributed by atoms with van der Waals surface area (Å²) in [6.45, 7) is 10.1. The van der Waals surface area contributed by atoms with E-state index in [9.17, 15) is 9.90 Å². The zero-order valence-corrected chi connectivity index (χ0v) is 20.3. The fraction of sp³-hybridized carbons (Fsp3) is 0.321. The van der Waals surface area contributed by atoms with Gasteiger partial charge in [-0.3, -0.25) is 0 Å². The van der Waals surface area contributed by atoms with Crippen LogP contribution in [0.2, 0.25) is 0 Å². The maximum Gasteiger partial charge on any atom is 0.335 e. The van der Waals surface area contributed by atoms with Gasteiger partial charge in [-0.2, -0.15) is 0 Å². The van der Waals surface area contributed by atoms with Gasteiger partial charge in [-0.1, -0.05) is 32.0 Å². The van der Waals surface area contributed by atoms with Gasteiger partial charge in [-0.05, 0) is 68.0 Å². The summed E-state index contributed by atoms with van der Waals surface area (Å²) in [7, 11) is 0. The predicted molar refractivity (Wildman–Crippen MR) is 137 cm³/mol. The first-order valence-electron chi connectivity index (χ1n) is 11.8. The molecule has 2 aromatic carbocycles. The molecule has 0 saturated heterocycles. The molecule has 0 radical (unpaired) electrons. The standard InChI is InChI=1S/C28H32N4O2/c1-18(2)8-9-21-15-22(10-11-23(21)28(33)34)25-16-27(31-17-30-25)29-12-13-32-20(4)14-24-19(3)6-5-7-26(24)32/h5-7,10-11,14-18H,8-9,12-13H2,1-4H3,(H,33,34)(H,29,30,31). The van der Waals surface area contributed by atoms with Crippen LogP contribution in [-0.4, -0.2) is 32.2 Å². The van der Waals surface area contributed by atoms with Crippen LogP contribution in [0.4, 0.5) is 5.82 Å². The van der Waals surface area contributed by atoms with Gasteiger partial charge in [0.2, 0.25) is 0 Å². The third-order valence-corrected chi connectivity index (χ3v) is 6.30. The number of aromatic carboxylic acids is 1. The minimum absolute atomic E-state index is 0.362. The minimum Gasteiger partial charge on any atom is -0.478 e. The van der Waals surface area contributed by atoms with Gasteiger partial charge in [0.25, 0.3) is 0 Å². The molecule has 0 fully saturated rings. The Labute approximate surface area is 200 Å². The van der Waals surface area contributed by atoms with Gasteiger partial charge < -0.3 is 15.0 Å². The number of aryl methyl sites for hydroxylation is 3. The van der Waals surface area contributed by atoms with E-state index in [1.165, 1.54) is 22.2 Å². The van der Waals surface area contributed by atoms with E-state index in [1.807, 2.05) is 18.2 Å². The Morgan fingerprint density at radius 2 is 1.91 bits per heavy atom. The van der Waals surface area contributed by atoms with Crippen molar-refractivity contribution in [2.45, 2.75) is 47.1 Å². The number of rotatable bonds is 9. The predicted octanol–water partition coefficient (Wildman–Crippen LogP) is 6.11. The molecule has 0 amide bonds. The van der Waals surface area contributed by atoms with Crippen LogP contribution in [0.5, 0.6) is 0 Å². The Kier molecular flexibility index (Phi) is 6.96. The number of hydrogen-bond acceptors (Lipinski definition) is 4. The maximum absolute atomic E-state index is 11.7. The molecule has 0 saturated carbocycles. The Morgan fingerprint density at radius 3 is 2.68 bits per heavy atom. The average molecular weight is 457 g/mol. The summed E-state index contributed by atoms with van der Waals surface area (Å²) in [6.07, 6.45) is 3.22. The molecule has 2 aromatic heterocycles. The molecular weight excluding hydrogens is 424 g/mol. The van der Waals surface area contributed by atoms with Gasteiger partial charge in [0.1, 0.15) is 12.1 Å². The summed E-state index contributed by atoms with van der Waals surface area (Å²) in [4.78, 5) is 20.5.